The van der Waals surface area contributed by atoms with Crippen LogP contribution in [0.1, 0.15) is 58.8 Å². The molecule has 1 heterocycles. The van der Waals surface area contributed by atoms with Gasteiger partial charge in [0.2, 0.25) is 5.91 Å². The first-order valence-electron chi connectivity index (χ1n) is 8.12. The first kappa shape index (κ1) is 14.8. The Bertz CT molecular complexity index is 305. The third-order valence-electron chi connectivity index (χ3n) is 5.11. The molecule has 3 nitrogen and oxygen atoms in total. The van der Waals surface area contributed by atoms with Crippen molar-refractivity contribution in [1.82, 2.24) is 10.2 Å². The molecule has 19 heavy (non-hydrogen) atoms. The Hall–Kier alpha value is -0.570. The molecule has 1 saturated heterocycles. The Morgan fingerprint density at radius 2 is 2.00 bits per heavy atom. The van der Waals surface area contributed by atoms with Gasteiger partial charge in [-0.3, -0.25) is 4.79 Å². The molecule has 4 unspecified atom stereocenters. The van der Waals surface area contributed by atoms with E-state index < -0.39 is 0 Å². The minimum absolute atomic E-state index is 0.0772. The zero-order chi connectivity index (χ0) is 13.8. The smallest absolute Gasteiger partial charge is 0.239 e. The van der Waals surface area contributed by atoms with Crippen LogP contribution < -0.4 is 5.32 Å². The van der Waals surface area contributed by atoms with E-state index in [-0.39, 0.29) is 6.04 Å². The van der Waals surface area contributed by atoms with Gasteiger partial charge in [-0.2, -0.15) is 0 Å². The van der Waals surface area contributed by atoms with Gasteiger partial charge in [-0.1, -0.05) is 33.1 Å². The molecule has 1 aliphatic heterocycles. The summed E-state index contributed by atoms with van der Waals surface area (Å²) in [6.45, 7) is 5.30. The molecule has 2 rings (SSSR count). The lowest BCUT2D eigenvalue weighted by Crippen LogP contribution is -2.55. The van der Waals surface area contributed by atoms with Gasteiger partial charge >= 0.3 is 0 Å². The van der Waals surface area contributed by atoms with Crippen molar-refractivity contribution in [1.29, 1.82) is 0 Å². The van der Waals surface area contributed by atoms with Crippen molar-refractivity contribution in [3.05, 3.63) is 0 Å². The lowest BCUT2D eigenvalue weighted by Gasteiger charge is -2.41. The van der Waals surface area contributed by atoms with Crippen LogP contribution in [0.2, 0.25) is 0 Å². The number of nitrogens with one attached hydrogen (secondary N) is 1. The molecular weight excluding hydrogens is 236 g/mol. The van der Waals surface area contributed by atoms with Crippen LogP contribution in [-0.2, 0) is 4.79 Å². The molecule has 2 fully saturated rings. The summed E-state index contributed by atoms with van der Waals surface area (Å²) in [6, 6.07) is 0.682. The average Bonchev–Trinajstić information content (AvgIpc) is 2.45. The van der Waals surface area contributed by atoms with Gasteiger partial charge in [-0.25, -0.2) is 0 Å². The molecule has 1 saturated carbocycles. The second-order valence-corrected chi connectivity index (χ2v) is 6.68. The van der Waals surface area contributed by atoms with E-state index in [0.717, 1.165) is 25.3 Å². The predicted molar refractivity (Wildman–Crippen MR) is 79.0 cm³/mol. The van der Waals surface area contributed by atoms with Crippen LogP contribution in [-0.4, -0.2) is 36.5 Å². The van der Waals surface area contributed by atoms with Crippen LogP contribution in [0.15, 0.2) is 0 Å². The number of hydrogen-bond acceptors (Lipinski definition) is 2. The number of carbonyl (C=O) groups is 1. The Morgan fingerprint density at radius 3 is 2.74 bits per heavy atom. The highest BCUT2D eigenvalue weighted by Crippen LogP contribution is 2.32. The number of hydrogen-bond donors (Lipinski definition) is 1. The summed E-state index contributed by atoms with van der Waals surface area (Å²) in [6.07, 6.45) is 8.76. The number of piperidine rings is 1. The van der Waals surface area contributed by atoms with Crippen molar-refractivity contribution in [3.8, 4) is 0 Å². The van der Waals surface area contributed by atoms with Crippen molar-refractivity contribution in [2.24, 2.45) is 11.8 Å². The Balaban J connectivity index is 1.86. The molecule has 1 amide bonds. The largest absolute Gasteiger partial charge is 0.344 e. The highest BCUT2D eigenvalue weighted by Gasteiger charge is 2.35. The topological polar surface area (TPSA) is 32.3 Å². The molecule has 110 valence electrons. The number of amides is 1. The lowest BCUT2D eigenvalue weighted by atomic mass is 9.77. The quantitative estimate of drug-likeness (QED) is 0.848. The van der Waals surface area contributed by atoms with Crippen LogP contribution in [0.4, 0.5) is 0 Å². The maximum Gasteiger partial charge on any atom is 0.239 e. The van der Waals surface area contributed by atoms with Gasteiger partial charge in [0.15, 0.2) is 0 Å². The third kappa shape index (κ3) is 3.71. The highest BCUT2D eigenvalue weighted by molar-refractivity contribution is 5.81. The molecule has 0 spiro atoms. The van der Waals surface area contributed by atoms with E-state index in [0.29, 0.717) is 17.9 Å². The summed E-state index contributed by atoms with van der Waals surface area (Å²) in [5, 5.41) is 3.64. The number of fused-ring (bicyclic) bond motifs is 1. The van der Waals surface area contributed by atoms with E-state index >= 15 is 0 Å². The maximum absolute atomic E-state index is 12.5. The van der Waals surface area contributed by atoms with Gasteiger partial charge in [-0.05, 0) is 37.5 Å². The summed E-state index contributed by atoms with van der Waals surface area (Å²) in [4.78, 5) is 14.4. The summed E-state index contributed by atoms with van der Waals surface area (Å²) < 4.78 is 0. The number of rotatable bonds is 4. The molecular formula is C16H30N2O. The fourth-order valence-electron chi connectivity index (χ4n) is 3.64. The summed E-state index contributed by atoms with van der Waals surface area (Å²) in [5.74, 6) is 1.74. The van der Waals surface area contributed by atoms with Crippen molar-refractivity contribution in [3.63, 3.8) is 0 Å². The lowest BCUT2D eigenvalue weighted by molar-refractivity contribution is -0.134. The second kappa shape index (κ2) is 6.74. The summed E-state index contributed by atoms with van der Waals surface area (Å²) in [7, 11) is 1.96. The minimum atomic E-state index is 0.0772. The van der Waals surface area contributed by atoms with E-state index in [2.05, 4.69) is 19.2 Å². The fourth-order valence-corrected chi connectivity index (χ4v) is 3.64. The van der Waals surface area contributed by atoms with Crippen molar-refractivity contribution >= 4 is 5.91 Å². The third-order valence-corrected chi connectivity index (χ3v) is 5.11. The van der Waals surface area contributed by atoms with Crippen molar-refractivity contribution in [2.75, 3.05) is 13.6 Å². The van der Waals surface area contributed by atoms with Crippen molar-refractivity contribution in [2.45, 2.75) is 70.9 Å². The predicted octanol–water partition coefficient (Wildman–Crippen LogP) is 2.80. The standard InChI is InChI=1S/C16H30N2O/c1-4-12(2)11-18(3)16(19)15-10-9-13-7-5-6-8-14(13)17-15/h12-15,17H,4-11H2,1-3H3. The first-order valence-corrected chi connectivity index (χ1v) is 8.12. The molecule has 0 aromatic carbocycles. The van der Waals surface area contributed by atoms with E-state index in [1.54, 1.807) is 0 Å². The molecule has 3 heteroatoms. The number of nitrogens with zero attached hydrogens (tertiary/aromatic N) is 1. The van der Waals surface area contributed by atoms with Crippen LogP contribution >= 0.6 is 0 Å². The Kier molecular flexibility index (Phi) is 5.26. The van der Waals surface area contributed by atoms with Gasteiger partial charge in [0.05, 0.1) is 6.04 Å². The number of likely N-dealkylation sites (N-methyl/N-ethyl adjacent to an activating group) is 1. The monoisotopic (exact) mass is 266 g/mol. The summed E-state index contributed by atoms with van der Waals surface area (Å²) >= 11 is 0. The second-order valence-electron chi connectivity index (χ2n) is 6.68. The van der Waals surface area contributed by atoms with E-state index in [9.17, 15) is 4.79 Å². The van der Waals surface area contributed by atoms with E-state index in [1.807, 2.05) is 11.9 Å². The van der Waals surface area contributed by atoms with Crippen molar-refractivity contribution < 1.29 is 4.79 Å². The molecule has 1 N–H and O–H groups in total. The SMILES string of the molecule is CCC(C)CN(C)C(=O)C1CCC2CCCCC2N1. The Labute approximate surface area is 118 Å². The van der Waals surface area contributed by atoms with Gasteiger partial charge in [0, 0.05) is 19.6 Å². The van der Waals surface area contributed by atoms with Crippen LogP contribution in [0.5, 0.6) is 0 Å². The molecule has 0 aromatic rings. The van der Waals surface area contributed by atoms with Crippen LogP contribution in [0.25, 0.3) is 0 Å². The minimum Gasteiger partial charge on any atom is -0.344 e. The molecule has 4 atom stereocenters. The van der Waals surface area contributed by atoms with Gasteiger partial charge in [0.1, 0.15) is 0 Å². The fraction of sp³-hybridized carbons (Fsp3) is 0.938. The number of carbonyl (C=O) groups excluding carboxylic acids is 1. The molecule has 0 bridgehead atoms. The van der Waals surface area contributed by atoms with Gasteiger partial charge in [-0.15, -0.1) is 0 Å². The summed E-state index contributed by atoms with van der Waals surface area (Å²) in [5.41, 5.74) is 0. The molecule has 1 aliphatic carbocycles. The van der Waals surface area contributed by atoms with Crippen LogP contribution in [0.3, 0.4) is 0 Å². The van der Waals surface area contributed by atoms with Crippen LogP contribution in [0, 0.1) is 11.8 Å². The van der Waals surface area contributed by atoms with Gasteiger partial charge in [0.25, 0.3) is 0 Å². The maximum atomic E-state index is 12.5. The molecule has 0 radical (unpaired) electrons. The van der Waals surface area contributed by atoms with E-state index in [4.69, 9.17) is 0 Å². The zero-order valence-corrected chi connectivity index (χ0v) is 12.8. The Morgan fingerprint density at radius 1 is 1.26 bits per heavy atom. The zero-order valence-electron chi connectivity index (χ0n) is 12.8. The molecule has 0 aromatic heterocycles. The normalized spacial score (nSPS) is 32.5. The average molecular weight is 266 g/mol. The first-order chi connectivity index (χ1) is 9.11. The van der Waals surface area contributed by atoms with Gasteiger partial charge < -0.3 is 10.2 Å². The van der Waals surface area contributed by atoms with E-state index in [1.165, 1.54) is 32.1 Å². The molecule has 2 aliphatic rings. The highest BCUT2D eigenvalue weighted by atomic mass is 16.2.